The number of allylic oxidation sites excluding steroid dienone is 2. The van der Waals surface area contributed by atoms with Gasteiger partial charge in [0.2, 0.25) is 0 Å². The van der Waals surface area contributed by atoms with Gasteiger partial charge in [-0.05, 0) is 70.7 Å². The first kappa shape index (κ1) is 36.2. The van der Waals surface area contributed by atoms with Crippen molar-refractivity contribution in [3.8, 4) is 11.5 Å². The van der Waals surface area contributed by atoms with Crippen molar-refractivity contribution in [1.82, 2.24) is 0 Å². The summed E-state index contributed by atoms with van der Waals surface area (Å²) >= 11 is 0. The van der Waals surface area contributed by atoms with Crippen LogP contribution in [-0.2, 0) is 24.4 Å². The van der Waals surface area contributed by atoms with Crippen LogP contribution >= 0.6 is 0 Å². The van der Waals surface area contributed by atoms with Gasteiger partial charge in [0, 0.05) is 23.0 Å². The number of phenolic OH excluding ortho intramolecular Hbond substituents is 2. The summed E-state index contributed by atoms with van der Waals surface area (Å²) in [5.74, 6) is -2.23. The number of hydrogen-bond acceptors (Lipinski definition) is 2. The van der Waals surface area contributed by atoms with Crippen LogP contribution < -0.4 is 0 Å². The van der Waals surface area contributed by atoms with Crippen molar-refractivity contribution in [3.05, 3.63) is 212 Å². The highest BCUT2D eigenvalue weighted by Gasteiger charge is 2.52. The Labute approximate surface area is 315 Å². The van der Waals surface area contributed by atoms with Crippen LogP contribution in [0, 0.1) is 0 Å². The molecule has 2 unspecified atom stereocenters. The van der Waals surface area contributed by atoms with Crippen molar-refractivity contribution in [3.63, 3.8) is 0 Å². The molecule has 55 heavy (non-hydrogen) atoms. The van der Waals surface area contributed by atoms with Gasteiger partial charge in [-0.15, -0.1) is 0 Å². The smallest absolute Gasteiger partial charge is 0.416 e. The third-order valence-electron chi connectivity index (χ3n) is 11.0. The molecule has 0 bridgehead atoms. The molecule has 0 saturated heterocycles. The number of halogens is 6. The first-order valence-electron chi connectivity index (χ1n) is 17.8. The van der Waals surface area contributed by atoms with Gasteiger partial charge < -0.3 is 10.2 Å². The molecule has 2 aliphatic rings. The second kappa shape index (κ2) is 13.8. The number of alkyl halides is 6. The van der Waals surface area contributed by atoms with Crippen molar-refractivity contribution in [2.75, 3.05) is 0 Å². The summed E-state index contributed by atoms with van der Waals surface area (Å²) < 4.78 is 86.3. The average Bonchev–Trinajstić information content (AvgIpc) is 3.75. The Morgan fingerprint density at radius 3 is 1.18 bits per heavy atom. The zero-order chi connectivity index (χ0) is 38.5. The van der Waals surface area contributed by atoms with Gasteiger partial charge in [-0.25, -0.2) is 0 Å². The minimum Gasteiger partial charge on any atom is -0.508 e. The fraction of sp³-hybridized carbons (Fsp3) is 0.130. The summed E-state index contributed by atoms with van der Waals surface area (Å²) in [4.78, 5) is 0. The van der Waals surface area contributed by atoms with E-state index in [2.05, 4.69) is 0 Å². The van der Waals surface area contributed by atoms with Gasteiger partial charge in [0.25, 0.3) is 0 Å². The summed E-state index contributed by atoms with van der Waals surface area (Å²) in [7, 11) is -3.53. The van der Waals surface area contributed by atoms with Gasteiger partial charge in [-0.1, -0.05) is 143 Å². The molecule has 0 radical (unpaired) electrons. The lowest BCUT2D eigenvalue weighted by molar-refractivity contribution is -0.138. The zero-order valence-corrected chi connectivity index (χ0v) is 30.2. The predicted octanol–water partition coefficient (Wildman–Crippen LogP) is 12.0. The number of fused-ring (bicyclic) bond motifs is 2. The van der Waals surface area contributed by atoms with Gasteiger partial charge >= 0.3 is 12.4 Å². The highest BCUT2D eigenvalue weighted by Crippen LogP contribution is 2.57. The molecule has 0 saturated carbocycles. The fourth-order valence-corrected chi connectivity index (χ4v) is 14.3. The second-order valence-electron chi connectivity index (χ2n) is 14.3. The first-order valence-corrected chi connectivity index (χ1v) is 20.2. The van der Waals surface area contributed by atoms with Crippen molar-refractivity contribution in [2.45, 2.75) is 36.3 Å². The van der Waals surface area contributed by atoms with Gasteiger partial charge in [0.1, 0.15) is 19.6 Å². The Bertz CT molecular complexity index is 2280. The standard InChI is InChI=1S/C46H34F6O2Si/c47-45(48,49)33-19-21-39(53)37(25-33)43-35-17-9-7-15-31(35)23-41(43)55(27-29-11-3-1-4-12-29,28-30-13-5-2-6-14-30)42-24-32-16-8-10-18-36(32)44(42)38-26-34(46(50,51)52)20-22-40(38)54/h1-26,43-44,53-54H,27-28H2. The molecule has 8 rings (SSSR count). The van der Waals surface area contributed by atoms with Crippen LogP contribution in [-0.4, -0.2) is 18.3 Å². The van der Waals surface area contributed by atoms with E-state index in [4.69, 9.17) is 0 Å². The van der Waals surface area contributed by atoms with E-state index < -0.39 is 43.4 Å². The van der Waals surface area contributed by atoms with Gasteiger partial charge in [-0.2, -0.15) is 26.3 Å². The minimum absolute atomic E-state index is 0.0959. The molecule has 6 aromatic rings. The lowest BCUT2D eigenvalue weighted by Gasteiger charge is -2.41. The SMILES string of the molecule is Oc1ccc(C(F)(F)F)cc1C1C([Si](Cc2ccccc2)(Cc2ccccc2)C2=Cc3ccccc3C2c2cc(C(F)(F)F)ccc2O)=Cc2ccccc21. The Balaban J connectivity index is 1.47. The van der Waals surface area contributed by atoms with Crippen LogP contribution in [0.5, 0.6) is 11.5 Å². The molecule has 0 aliphatic heterocycles. The quantitative estimate of drug-likeness (QED) is 0.120. The lowest BCUT2D eigenvalue weighted by atomic mass is 9.90. The molecule has 0 fully saturated rings. The summed E-state index contributed by atoms with van der Waals surface area (Å²) in [6.45, 7) is 0. The van der Waals surface area contributed by atoms with Crippen LogP contribution in [0.4, 0.5) is 26.3 Å². The third kappa shape index (κ3) is 6.67. The molecule has 0 amide bonds. The molecule has 6 aromatic carbocycles. The maximum absolute atomic E-state index is 14.4. The van der Waals surface area contributed by atoms with E-state index in [1.165, 1.54) is 0 Å². The molecule has 0 spiro atoms. The van der Waals surface area contributed by atoms with Crippen LogP contribution in [0.15, 0.2) is 156 Å². The maximum Gasteiger partial charge on any atom is 0.416 e. The summed E-state index contributed by atoms with van der Waals surface area (Å²) in [5, 5.41) is 24.6. The van der Waals surface area contributed by atoms with Crippen LogP contribution in [0.25, 0.3) is 12.2 Å². The molecule has 9 heteroatoms. The second-order valence-corrected chi connectivity index (χ2v) is 18.3. The number of benzene rings is 6. The van der Waals surface area contributed by atoms with Crippen molar-refractivity contribution < 1.29 is 36.6 Å². The first-order chi connectivity index (χ1) is 26.3. The topological polar surface area (TPSA) is 40.5 Å². The van der Waals surface area contributed by atoms with Gasteiger partial charge in [0.05, 0.1) is 11.1 Å². The van der Waals surface area contributed by atoms with E-state index in [0.29, 0.717) is 12.1 Å². The van der Waals surface area contributed by atoms with E-state index >= 15 is 0 Å². The van der Waals surface area contributed by atoms with E-state index in [1.807, 2.05) is 121 Å². The third-order valence-corrected chi connectivity index (χ3v) is 16.1. The Hall–Kier alpha value is -5.80. The van der Waals surface area contributed by atoms with E-state index in [9.17, 15) is 36.6 Å². The van der Waals surface area contributed by atoms with Gasteiger partial charge in [-0.3, -0.25) is 0 Å². The Kier molecular flexibility index (Phi) is 9.08. The van der Waals surface area contributed by atoms with E-state index in [-0.39, 0.29) is 22.6 Å². The zero-order valence-electron chi connectivity index (χ0n) is 29.2. The maximum atomic E-state index is 14.4. The largest absolute Gasteiger partial charge is 0.508 e. The van der Waals surface area contributed by atoms with Gasteiger partial charge in [0.15, 0.2) is 0 Å². The van der Waals surface area contributed by atoms with Crippen molar-refractivity contribution in [2.24, 2.45) is 0 Å². The number of hydrogen-bond donors (Lipinski definition) is 2. The predicted molar refractivity (Wildman–Crippen MR) is 205 cm³/mol. The Morgan fingerprint density at radius 2 is 0.800 bits per heavy atom. The lowest BCUT2D eigenvalue weighted by Crippen LogP contribution is -2.48. The summed E-state index contributed by atoms with van der Waals surface area (Å²) in [5.41, 5.74) is 3.29. The highest BCUT2D eigenvalue weighted by atomic mass is 28.3. The average molecular weight is 761 g/mol. The summed E-state index contributed by atoms with van der Waals surface area (Å²) in [6, 6.07) is 41.1. The molecule has 2 N–H and O–H groups in total. The monoisotopic (exact) mass is 760 g/mol. The summed E-state index contributed by atoms with van der Waals surface area (Å²) in [6.07, 6.45) is -5.31. The van der Waals surface area contributed by atoms with E-state index in [1.54, 1.807) is 0 Å². The molecule has 2 nitrogen and oxygen atoms in total. The molecule has 276 valence electrons. The molecule has 2 aliphatic carbocycles. The molecular formula is C46H34F6O2Si. The van der Waals surface area contributed by atoms with Crippen LogP contribution in [0.2, 0.25) is 0 Å². The molecule has 0 aromatic heterocycles. The molecule has 0 heterocycles. The minimum atomic E-state index is -4.69. The van der Waals surface area contributed by atoms with Crippen molar-refractivity contribution >= 4 is 20.2 Å². The fourth-order valence-electron chi connectivity index (χ4n) is 8.60. The van der Waals surface area contributed by atoms with Crippen LogP contribution in [0.1, 0.15) is 67.5 Å². The highest BCUT2D eigenvalue weighted by molar-refractivity contribution is 6.93. The van der Waals surface area contributed by atoms with E-state index in [0.717, 1.165) is 80.2 Å². The number of rotatable bonds is 8. The number of phenols is 2. The molecular weight excluding hydrogens is 727 g/mol. The normalized spacial score (nSPS) is 16.7. The number of aromatic hydroxyl groups is 2. The van der Waals surface area contributed by atoms with Crippen molar-refractivity contribution in [1.29, 1.82) is 0 Å². The van der Waals surface area contributed by atoms with Crippen LogP contribution in [0.3, 0.4) is 0 Å². The molecule has 2 atom stereocenters. The Morgan fingerprint density at radius 1 is 0.436 bits per heavy atom.